The molecule has 1 unspecified atom stereocenters. The summed E-state index contributed by atoms with van der Waals surface area (Å²) >= 11 is 7.51. The summed E-state index contributed by atoms with van der Waals surface area (Å²) in [4.78, 5) is 0. The molecule has 2 aromatic rings. The summed E-state index contributed by atoms with van der Waals surface area (Å²) < 4.78 is 38.5. The summed E-state index contributed by atoms with van der Waals surface area (Å²) in [6.07, 6.45) is 0.399. The molecule has 0 radical (unpaired) electrons. The number of nitrogens with zero attached hydrogens (tertiary/aromatic N) is 1. The second-order valence-corrected chi connectivity index (χ2v) is 7.09. The van der Waals surface area contributed by atoms with E-state index >= 15 is 0 Å². The molecule has 0 saturated carbocycles. The van der Waals surface area contributed by atoms with Crippen molar-refractivity contribution in [3.8, 4) is 0 Å². The minimum atomic E-state index is -4.52. The molecule has 1 atom stereocenters. The molecule has 110 valence electrons. The quantitative estimate of drug-likeness (QED) is 0.672. The van der Waals surface area contributed by atoms with Crippen LogP contribution in [-0.4, -0.2) is 13.0 Å². The molecule has 1 aromatic heterocycles. The van der Waals surface area contributed by atoms with Crippen molar-refractivity contribution in [1.29, 1.82) is 0 Å². The van der Waals surface area contributed by atoms with E-state index in [0.717, 1.165) is 15.2 Å². The van der Waals surface area contributed by atoms with E-state index in [2.05, 4.69) is 0 Å². The Morgan fingerprint density at radius 3 is 2.80 bits per heavy atom. The molecule has 1 aromatic carbocycles. The number of hydrogen-bond donors (Lipinski definition) is 1. The molecule has 0 aliphatic heterocycles. The molecular weight excluding hydrogens is 322 g/mol. The van der Waals surface area contributed by atoms with Crippen LogP contribution in [0.5, 0.6) is 0 Å². The summed E-state index contributed by atoms with van der Waals surface area (Å²) in [5.74, 6) is 0. The molecule has 0 saturated heterocycles. The molecule has 8 heteroatoms. The number of aromatic nitrogens is 1. The van der Waals surface area contributed by atoms with Crippen molar-refractivity contribution in [3.05, 3.63) is 28.2 Å². The van der Waals surface area contributed by atoms with E-state index in [0.29, 0.717) is 17.9 Å². The van der Waals surface area contributed by atoms with Crippen LogP contribution in [0.1, 0.15) is 31.0 Å². The molecule has 5 nitrogen and oxygen atoms in total. The summed E-state index contributed by atoms with van der Waals surface area (Å²) in [6.45, 7) is 3.78. The third kappa shape index (κ3) is 3.48. The SMILES string of the molecule is CCCC(OS(=O)(=O)O)[n+]1c(C)sc2ccc(Cl)cc21. The average Bonchev–Trinajstić information content (AvgIpc) is 2.62. The maximum Gasteiger partial charge on any atom is 0.402 e. The van der Waals surface area contributed by atoms with Crippen molar-refractivity contribution in [3.63, 3.8) is 0 Å². The smallest absolute Gasteiger partial charge is 0.263 e. The zero-order chi connectivity index (χ0) is 14.9. The average molecular weight is 337 g/mol. The van der Waals surface area contributed by atoms with Crippen molar-refractivity contribution in [1.82, 2.24) is 0 Å². The highest BCUT2D eigenvalue weighted by Crippen LogP contribution is 2.26. The number of benzene rings is 1. The zero-order valence-corrected chi connectivity index (χ0v) is 13.4. The van der Waals surface area contributed by atoms with Crippen LogP contribution < -0.4 is 4.57 Å². The van der Waals surface area contributed by atoms with Gasteiger partial charge in [0.2, 0.25) is 10.5 Å². The van der Waals surface area contributed by atoms with Gasteiger partial charge in [-0.1, -0.05) is 29.9 Å². The van der Waals surface area contributed by atoms with Crippen molar-refractivity contribution in [2.45, 2.75) is 32.9 Å². The van der Waals surface area contributed by atoms with Gasteiger partial charge in [0.1, 0.15) is 4.70 Å². The van der Waals surface area contributed by atoms with Crippen molar-refractivity contribution in [2.75, 3.05) is 0 Å². The van der Waals surface area contributed by atoms with Gasteiger partial charge < -0.3 is 0 Å². The molecule has 0 fully saturated rings. The maximum atomic E-state index is 11.0. The van der Waals surface area contributed by atoms with Gasteiger partial charge in [-0.2, -0.15) is 17.2 Å². The minimum Gasteiger partial charge on any atom is -0.263 e. The summed E-state index contributed by atoms with van der Waals surface area (Å²) in [6, 6.07) is 5.42. The fraction of sp³-hybridized carbons (Fsp3) is 0.417. The van der Waals surface area contributed by atoms with Crippen LogP contribution in [0, 0.1) is 6.92 Å². The summed E-state index contributed by atoms with van der Waals surface area (Å²) in [5.41, 5.74) is 0.794. The Kier molecular flexibility index (Phi) is 4.66. The highest BCUT2D eigenvalue weighted by Gasteiger charge is 2.31. The molecule has 1 N–H and O–H groups in total. The monoisotopic (exact) mass is 336 g/mol. The van der Waals surface area contributed by atoms with E-state index in [4.69, 9.17) is 20.3 Å². The Bertz CT molecular complexity index is 726. The first-order valence-electron chi connectivity index (χ1n) is 6.07. The van der Waals surface area contributed by atoms with Gasteiger partial charge in [-0.05, 0) is 18.6 Å². The Morgan fingerprint density at radius 1 is 1.50 bits per heavy atom. The van der Waals surface area contributed by atoms with Gasteiger partial charge >= 0.3 is 10.4 Å². The second kappa shape index (κ2) is 5.95. The molecule has 0 amide bonds. The molecule has 2 rings (SSSR count). The van der Waals surface area contributed by atoms with Crippen LogP contribution in [0.15, 0.2) is 18.2 Å². The number of aryl methyl sites for hydroxylation is 1. The normalized spacial score (nSPS) is 13.8. The lowest BCUT2D eigenvalue weighted by molar-refractivity contribution is -0.733. The lowest BCUT2D eigenvalue weighted by Gasteiger charge is -2.10. The van der Waals surface area contributed by atoms with Crippen LogP contribution >= 0.6 is 22.9 Å². The van der Waals surface area contributed by atoms with E-state index in [1.54, 1.807) is 16.7 Å². The summed E-state index contributed by atoms with van der Waals surface area (Å²) in [5, 5.41) is 1.44. The van der Waals surface area contributed by atoms with Gasteiger partial charge in [0.15, 0.2) is 0 Å². The third-order valence-electron chi connectivity index (χ3n) is 2.83. The highest BCUT2D eigenvalue weighted by atomic mass is 35.5. The van der Waals surface area contributed by atoms with Gasteiger partial charge in [0.05, 0.1) is 0 Å². The first kappa shape index (κ1) is 15.7. The Balaban J connectivity index is 2.57. The van der Waals surface area contributed by atoms with Crippen LogP contribution in [0.4, 0.5) is 0 Å². The minimum absolute atomic E-state index is 0.462. The number of fused-ring (bicyclic) bond motifs is 1. The molecule has 0 spiro atoms. The predicted octanol–water partition coefficient (Wildman–Crippen LogP) is 3.27. The van der Waals surface area contributed by atoms with Gasteiger partial charge in [0, 0.05) is 24.4 Å². The number of thiazole rings is 1. The van der Waals surface area contributed by atoms with Crippen LogP contribution in [0.25, 0.3) is 10.2 Å². The molecule has 0 aliphatic carbocycles. The van der Waals surface area contributed by atoms with E-state index in [1.807, 2.05) is 19.9 Å². The Morgan fingerprint density at radius 2 is 2.20 bits per heavy atom. The van der Waals surface area contributed by atoms with E-state index in [-0.39, 0.29) is 0 Å². The maximum absolute atomic E-state index is 11.0. The molecule has 0 bridgehead atoms. The van der Waals surface area contributed by atoms with Crippen LogP contribution in [0.3, 0.4) is 0 Å². The second-order valence-electron chi connectivity index (χ2n) is 4.37. The van der Waals surface area contributed by atoms with Gasteiger partial charge in [0.25, 0.3) is 6.23 Å². The van der Waals surface area contributed by atoms with E-state index in [9.17, 15) is 8.42 Å². The topological polar surface area (TPSA) is 67.5 Å². The van der Waals surface area contributed by atoms with Crippen molar-refractivity contribution in [2.24, 2.45) is 0 Å². The van der Waals surface area contributed by atoms with E-state index < -0.39 is 16.6 Å². The molecular formula is C12H15ClNO4S2+. The highest BCUT2D eigenvalue weighted by molar-refractivity contribution is 7.80. The Labute approximate surface area is 126 Å². The van der Waals surface area contributed by atoms with Gasteiger partial charge in [-0.25, -0.2) is 0 Å². The first-order valence-corrected chi connectivity index (χ1v) is 8.63. The fourth-order valence-electron chi connectivity index (χ4n) is 2.11. The lowest BCUT2D eigenvalue weighted by Crippen LogP contribution is -2.43. The van der Waals surface area contributed by atoms with E-state index in [1.165, 1.54) is 11.3 Å². The fourth-order valence-corrected chi connectivity index (χ4v) is 3.77. The molecule has 20 heavy (non-hydrogen) atoms. The summed E-state index contributed by atoms with van der Waals surface area (Å²) in [7, 11) is -4.52. The Hall–Kier alpha value is -0.730. The lowest BCUT2D eigenvalue weighted by atomic mass is 10.2. The van der Waals surface area contributed by atoms with Crippen molar-refractivity contribution >= 4 is 43.6 Å². The predicted molar refractivity (Wildman–Crippen MR) is 78.3 cm³/mol. The van der Waals surface area contributed by atoms with Crippen LogP contribution in [0.2, 0.25) is 5.02 Å². The number of rotatable bonds is 5. The zero-order valence-electron chi connectivity index (χ0n) is 11.0. The standard InChI is InChI=1S/C12H14ClNO4S2/c1-3-4-12(18-20(15,16)17)14-8(2)19-11-6-5-9(13)7-10(11)14/h5-7,12H,3-4H2,1-2H3/p+1. The van der Waals surface area contributed by atoms with Crippen LogP contribution in [-0.2, 0) is 14.6 Å². The van der Waals surface area contributed by atoms with Gasteiger partial charge in [-0.15, -0.1) is 0 Å². The van der Waals surface area contributed by atoms with Crippen molar-refractivity contribution < 1.29 is 21.7 Å². The molecule has 0 aliphatic rings. The van der Waals surface area contributed by atoms with Gasteiger partial charge in [-0.3, -0.25) is 4.55 Å². The number of hydrogen-bond acceptors (Lipinski definition) is 4. The first-order chi connectivity index (χ1) is 9.31. The number of halogens is 1. The third-order valence-corrected chi connectivity index (χ3v) is 4.59. The molecule has 1 heterocycles. The largest absolute Gasteiger partial charge is 0.402 e.